The summed E-state index contributed by atoms with van der Waals surface area (Å²) >= 11 is 0. The molecule has 0 spiro atoms. The molecule has 0 saturated heterocycles. The van der Waals surface area contributed by atoms with Gasteiger partial charge in [0, 0.05) is 49.1 Å². The summed E-state index contributed by atoms with van der Waals surface area (Å²) in [4.78, 5) is 24.8. The van der Waals surface area contributed by atoms with Crippen LogP contribution in [0.25, 0.3) is 11.0 Å². The molecular weight excluding hydrogens is 500 g/mol. The summed E-state index contributed by atoms with van der Waals surface area (Å²) in [5.41, 5.74) is 1.49. The molecule has 0 fully saturated rings. The van der Waals surface area contributed by atoms with Gasteiger partial charge in [-0.15, -0.1) is 0 Å². The Morgan fingerprint density at radius 2 is 1.86 bits per heavy atom. The van der Waals surface area contributed by atoms with E-state index in [0.717, 1.165) is 5.56 Å². The molecule has 0 atom stereocenters. The maximum absolute atomic E-state index is 15.1. The molecular formula is C23H23FN5NaO5S. The maximum Gasteiger partial charge on any atom is 1.00 e. The number of fused-ring (bicyclic) bond motifs is 1. The first-order chi connectivity index (χ1) is 16.7. The summed E-state index contributed by atoms with van der Waals surface area (Å²) in [5, 5.41) is 0.687. The van der Waals surface area contributed by atoms with E-state index in [1.807, 2.05) is 29.4 Å². The minimum atomic E-state index is -3.97. The summed E-state index contributed by atoms with van der Waals surface area (Å²) in [7, 11) is -2.79. The van der Waals surface area contributed by atoms with Crippen molar-refractivity contribution in [2.75, 3.05) is 11.8 Å². The Morgan fingerprint density at radius 1 is 1.14 bits per heavy atom. The fraction of sp³-hybridized carbons (Fsp3) is 0.217. The van der Waals surface area contributed by atoms with Crippen molar-refractivity contribution in [2.24, 2.45) is 0 Å². The van der Waals surface area contributed by atoms with E-state index in [9.17, 15) is 13.2 Å². The number of nitrogens with zero attached hydrogens (tertiary/aromatic N) is 3. The molecule has 0 bridgehead atoms. The minimum absolute atomic E-state index is 0. The Morgan fingerprint density at radius 3 is 2.53 bits per heavy atom. The normalized spacial score (nSPS) is 11.2. The van der Waals surface area contributed by atoms with Gasteiger partial charge in [0.25, 0.3) is 10.2 Å². The molecule has 2 N–H and O–H groups in total. The van der Waals surface area contributed by atoms with Crippen molar-refractivity contribution < 1.29 is 52.9 Å². The van der Waals surface area contributed by atoms with Gasteiger partial charge in [0.2, 0.25) is 0 Å². The molecule has 3 aromatic heterocycles. The monoisotopic (exact) mass is 523 g/mol. The predicted octanol–water partition coefficient (Wildman–Crippen LogP) is 0.364. The number of rotatable bonds is 8. The van der Waals surface area contributed by atoms with Crippen LogP contribution in [0.15, 0.2) is 52.1 Å². The fourth-order valence-corrected chi connectivity index (χ4v) is 4.13. The molecule has 13 heteroatoms. The van der Waals surface area contributed by atoms with Gasteiger partial charge in [-0.3, -0.25) is 4.72 Å². The van der Waals surface area contributed by atoms with Crippen LogP contribution < -0.4 is 49.4 Å². The van der Waals surface area contributed by atoms with Crippen molar-refractivity contribution in [2.45, 2.75) is 26.7 Å². The molecule has 3 heterocycles. The molecule has 0 saturated carbocycles. The van der Waals surface area contributed by atoms with Gasteiger partial charge in [0.05, 0.1) is 0 Å². The molecule has 36 heavy (non-hydrogen) atoms. The zero-order chi connectivity index (χ0) is 25.2. The van der Waals surface area contributed by atoms with Gasteiger partial charge in [0.1, 0.15) is 11.3 Å². The van der Waals surface area contributed by atoms with E-state index in [1.54, 1.807) is 24.5 Å². The molecule has 4 aromatic rings. The Bertz CT molecular complexity index is 1570. The molecule has 0 aliphatic heterocycles. The van der Waals surface area contributed by atoms with Crippen LogP contribution >= 0.6 is 0 Å². The van der Waals surface area contributed by atoms with E-state index in [1.165, 1.54) is 19.3 Å². The number of benzene rings is 1. The molecule has 0 aliphatic rings. The predicted molar refractivity (Wildman–Crippen MR) is 128 cm³/mol. The van der Waals surface area contributed by atoms with Gasteiger partial charge < -0.3 is 10.6 Å². The number of aromatic nitrogens is 3. The molecule has 10 nitrogen and oxygen atoms in total. The van der Waals surface area contributed by atoms with E-state index in [0.29, 0.717) is 28.7 Å². The number of anilines is 1. The molecule has 184 valence electrons. The molecule has 0 radical (unpaired) electrons. The van der Waals surface area contributed by atoms with Crippen LogP contribution in [0.1, 0.15) is 30.6 Å². The summed E-state index contributed by atoms with van der Waals surface area (Å²) in [5.74, 6) is -0.917. The van der Waals surface area contributed by atoms with Gasteiger partial charge in [-0.25, -0.2) is 28.9 Å². The third-order valence-electron chi connectivity index (χ3n) is 5.35. The Balaban J connectivity index is 0.00000241. The van der Waals surface area contributed by atoms with E-state index in [4.69, 9.17) is 9.15 Å². The van der Waals surface area contributed by atoms with E-state index in [2.05, 4.69) is 15.0 Å². The van der Waals surface area contributed by atoms with Gasteiger partial charge >= 0.3 is 41.2 Å². The zero-order valence-corrected chi connectivity index (χ0v) is 22.9. The number of hydrogen-bond acceptors (Lipinski definition) is 8. The zero-order valence-electron chi connectivity index (χ0n) is 21.1. The largest absolute Gasteiger partial charge is 1.00 e. The van der Waals surface area contributed by atoms with Crippen LogP contribution in [0.3, 0.4) is 0 Å². The number of hydrogen-bond donors (Lipinski definition) is 2. The van der Waals surface area contributed by atoms with Crippen LogP contribution in [0.4, 0.5) is 10.2 Å². The standard InChI is InChI=1S/C23H22FN5O5S.Na.H/c1-4-15-16-10-13(2)18(34-23-27-7-5-8-28-23)12-19(16)33-22(30)17(15)11-14-6-9-26-21(20(14)24)29-35(31,32)25-3;;/h5-10,12,25H,4,11H2,1-3H3,(H,26,29);;/q;+1;-1. The smallest absolute Gasteiger partial charge is 1.00 e. The summed E-state index contributed by atoms with van der Waals surface area (Å²) < 4.78 is 53.9. The summed E-state index contributed by atoms with van der Waals surface area (Å²) in [6.07, 6.45) is 4.73. The number of halogens is 1. The quantitative estimate of drug-likeness (QED) is 0.250. The Labute approximate surface area is 230 Å². The van der Waals surface area contributed by atoms with Crippen LogP contribution in [0.2, 0.25) is 0 Å². The van der Waals surface area contributed by atoms with Crippen molar-refractivity contribution in [3.05, 3.63) is 81.3 Å². The average Bonchev–Trinajstić information content (AvgIpc) is 2.83. The number of ether oxygens (including phenoxy) is 1. The van der Waals surface area contributed by atoms with Crippen molar-refractivity contribution in [1.82, 2.24) is 19.7 Å². The van der Waals surface area contributed by atoms with Crippen molar-refractivity contribution in [3.63, 3.8) is 0 Å². The van der Waals surface area contributed by atoms with Crippen LogP contribution in [-0.2, 0) is 23.1 Å². The molecule has 4 rings (SSSR count). The SMILES string of the molecule is CCc1c(Cc2ccnc(NS(=O)(=O)NC)c2F)c(=O)oc2cc(Oc3ncccn3)c(C)cc12.[H-].[Na+]. The first kappa shape index (κ1) is 27.7. The average molecular weight is 524 g/mol. The Hall–Kier alpha value is -2.90. The first-order valence-corrected chi connectivity index (χ1v) is 12.1. The van der Waals surface area contributed by atoms with Gasteiger partial charge in [0.15, 0.2) is 11.6 Å². The summed E-state index contributed by atoms with van der Waals surface area (Å²) in [6, 6.07) is 6.63. The minimum Gasteiger partial charge on any atom is -1.00 e. The molecule has 0 amide bonds. The molecule has 0 unspecified atom stereocenters. The third-order valence-corrected chi connectivity index (χ3v) is 6.35. The van der Waals surface area contributed by atoms with E-state index in [-0.39, 0.29) is 54.5 Å². The maximum atomic E-state index is 15.1. The van der Waals surface area contributed by atoms with Crippen LogP contribution in [0.5, 0.6) is 11.8 Å². The van der Waals surface area contributed by atoms with E-state index < -0.39 is 27.5 Å². The second-order valence-corrected chi connectivity index (χ2v) is 9.19. The topological polar surface area (TPSA) is 136 Å². The van der Waals surface area contributed by atoms with Crippen molar-refractivity contribution >= 4 is 27.0 Å². The number of pyridine rings is 1. The first-order valence-electron chi connectivity index (χ1n) is 10.6. The van der Waals surface area contributed by atoms with Crippen LogP contribution in [0, 0.1) is 12.7 Å². The fourth-order valence-electron chi connectivity index (χ4n) is 3.63. The third kappa shape index (κ3) is 5.90. The van der Waals surface area contributed by atoms with Gasteiger partial charge in [-0.2, -0.15) is 8.42 Å². The molecule has 1 aromatic carbocycles. The van der Waals surface area contributed by atoms with E-state index >= 15 is 4.39 Å². The number of aryl methyl sites for hydroxylation is 2. The van der Waals surface area contributed by atoms with Gasteiger partial charge in [-0.1, -0.05) is 6.92 Å². The second kappa shape index (κ2) is 11.4. The summed E-state index contributed by atoms with van der Waals surface area (Å²) in [6.45, 7) is 3.72. The molecule has 0 aliphatic carbocycles. The Kier molecular flexibility index (Phi) is 8.80. The van der Waals surface area contributed by atoms with Crippen molar-refractivity contribution in [1.29, 1.82) is 0 Å². The van der Waals surface area contributed by atoms with Gasteiger partial charge in [-0.05, 0) is 48.2 Å². The number of nitrogens with one attached hydrogen (secondary N) is 2. The van der Waals surface area contributed by atoms with Crippen molar-refractivity contribution in [3.8, 4) is 11.8 Å². The second-order valence-electron chi connectivity index (χ2n) is 7.57. The van der Waals surface area contributed by atoms with Crippen LogP contribution in [-0.4, -0.2) is 30.4 Å².